The summed E-state index contributed by atoms with van der Waals surface area (Å²) in [7, 11) is 1.84. The summed E-state index contributed by atoms with van der Waals surface area (Å²) in [6, 6.07) is 4.40. The van der Waals surface area contributed by atoms with Crippen LogP contribution in [0.1, 0.15) is 28.9 Å². The zero-order valence-corrected chi connectivity index (χ0v) is 13.2. The number of halogens is 3. The Morgan fingerprint density at radius 1 is 1.22 bits per heavy atom. The number of anilines is 1. The van der Waals surface area contributed by atoms with E-state index in [0.29, 0.717) is 12.1 Å². The Labute approximate surface area is 132 Å². The molecule has 0 saturated heterocycles. The molecule has 1 heterocycles. The normalized spacial score (nSPS) is 11.6. The molecule has 2 aromatic rings. The number of amides is 1. The minimum Gasteiger partial charge on any atom is -0.326 e. The molecule has 23 heavy (non-hydrogen) atoms. The molecule has 0 radical (unpaired) electrons. The van der Waals surface area contributed by atoms with Gasteiger partial charge < -0.3 is 5.32 Å². The Morgan fingerprint density at radius 3 is 2.30 bits per heavy atom. The van der Waals surface area contributed by atoms with Gasteiger partial charge in [-0.25, -0.2) is 0 Å². The van der Waals surface area contributed by atoms with E-state index in [0.717, 1.165) is 29.1 Å². The first-order chi connectivity index (χ1) is 10.7. The molecule has 1 aromatic carbocycles. The third kappa shape index (κ3) is 4.12. The van der Waals surface area contributed by atoms with Gasteiger partial charge in [0.15, 0.2) is 0 Å². The second-order valence-corrected chi connectivity index (χ2v) is 5.40. The summed E-state index contributed by atoms with van der Waals surface area (Å²) in [5.41, 5.74) is 2.52. The summed E-state index contributed by atoms with van der Waals surface area (Å²) < 4.78 is 39.2. The van der Waals surface area contributed by atoms with Crippen LogP contribution in [-0.2, 0) is 24.4 Å². The summed E-state index contributed by atoms with van der Waals surface area (Å²) in [4.78, 5) is 11.9. The van der Waals surface area contributed by atoms with E-state index in [4.69, 9.17) is 0 Å². The quantitative estimate of drug-likeness (QED) is 0.933. The average molecular weight is 325 g/mol. The average Bonchev–Trinajstić information content (AvgIpc) is 2.70. The Hall–Kier alpha value is -2.31. The molecule has 4 nitrogen and oxygen atoms in total. The molecule has 1 amide bonds. The van der Waals surface area contributed by atoms with Gasteiger partial charge in [-0.3, -0.25) is 9.48 Å². The molecule has 0 aliphatic rings. The lowest BCUT2D eigenvalue weighted by atomic mass is 10.1. The molecule has 2 rings (SSSR count). The molecule has 0 fully saturated rings. The first kappa shape index (κ1) is 17.1. The topological polar surface area (TPSA) is 46.9 Å². The third-order valence-electron chi connectivity index (χ3n) is 3.76. The number of aryl methyl sites for hydroxylation is 2. The lowest BCUT2D eigenvalue weighted by molar-refractivity contribution is -0.137. The van der Waals surface area contributed by atoms with Gasteiger partial charge in [0.2, 0.25) is 5.91 Å². The van der Waals surface area contributed by atoms with Crippen LogP contribution in [0.2, 0.25) is 0 Å². The summed E-state index contributed by atoms with van der Waals surface area (Å²) in [5.74, 6) is -0.243. The number of aromatic nitrogens is 2. The predicted molar refractivity (Wildman–Crippen MR) is 81.1 cm³/mol. The van der Waals surface area contributed by atoms with Crippen molar-refractivity contribution in [3.63, 3.8) is 0 Å². The molecular weight excluding hydrogens is 307 g/mol. The van der Waals surface area contributed by atoms with Gasteiger partial charge in [0, 0.05) is 24.8 Å². The maximum absolute atomic E-state index is 12.5. The summed E-state index contributed by atoms with van der Waals surface area (Å²) in [6.45, 7) is 3.82. The van der Waals surface area contributed by atoms with Crippen LogP contribution in [0.3, 0.4) is 0 Å². The number of rotatable bonds is 4. The van der Waals surface area contributed by atoms with Crippen molar-refractivity contribution in [3.05, 3.63) is 46.8 Å². The van der Waals surface area contributed by atoms with E-state index in [9.17, 15) is 18.0 Å². The van der Waals surface area contributed by atoms with Gasteiger partial charge in [0.1, 0.15) is 0 Å². The van der Waals surface area contributed by atoms with Crippen molar-refractivity contribution in [2.45, 2.75) is 32.9 Å². The van der Waals surface area contributed by atoms with Crippen molar-refractivity contribution in [1.29, 1.82) is 0 Å². The number of hydrogen-bond donors (Lipinski definition) is 1. The van der Waals surface area contributed by atoms with Gasteiger partial charge >= 0.3 is 6.18 Å². The predicted octanol–water partition coefficient (Wildman–Crippen LogP) is 3.63. The molecule has 0 saturated carbocycles. The number of nitrogens with one attached hydrogen (secondary N) is 1. The molecule has 124 valence electrons. The number of nitrogens with zero attached hydrogens (tertiary/aromatic N) is 2. The molecule has 1 aromatic heterocycles. The van der Waals surface area contributed by atoms with E-state index < -0.39 is 11.7 Å². The molecule has 0 spiro atoms. The maximum atomic E-state index is 12.5. The van der Waals surface area contributed by atoms with Crippen molar-refractivity contribution in [1.82, 2.24) is 9.78 Å². The van der Waals surface area contributed by atoms with Crippen LogP contribution in [0.5, 0.6) is 0 Å². The molecule has 0 unspecified atom stereocenters. The highest BCUT2D eigenvalue weighted by Gasteiger charge is 2.29. The van der Waals surface area contributed by atoms with Gasteiger partial charge in [-0.2, -0.15) is 18.3 Å². The van der Waals surface area contributed by atoms with Crippen LogP contribution in [-0.4, -0.2) is 15.7 Å². The Morgan fingerprint density at radius 2 is 1.83 bits per heavy atom. The zero-order chi connectivity index (χ0) is 17.2. The smallest absolute Gasteiger partial charge is 0.326 e. The van der Waals surface area contributed by atoms with Gasteiger partial charge in [-0.15, -0.1) is 0 Å². The monoisotopic (exact) mass is 325 g/mol. The first-order valence-electron chi connectivity index (χ1n) is 7.14. The second-order valence-electron chi connectivity index (χ2n) is 5.40. The molecule has 0 atom stereocenters. The molecule has 7 heteroatoms. The minimum absolute atomic E-state index is 0.243. The van der Waals surface area contributed by atoms with Crippen molar-refractivity contribution in [3.8, 4) is 0 Å². The fourth-order valence-corrected chi connectivity index (χ4v) is 2.38. The van der Waals surface area contributed by atoms with Crippen LogP contribution < -0.4 is 5.32 Å². The number of hydrogen-bond acceptors (Lipinski definition) is 2. The Bertz CT molecular complexity index is 703. The van der Waals surface area contributed by atoms with Gasteiger partial charge in [0.25, 0.3) is 0 Å². The first-order valence-corrected chi connectivity index (χ1v) is 7.14. The number of carbonyl (C=O) groups is 1. The van der Waals surface area contributed by atoms with Crippen molar-refractivity contribution < 1.29 is 18.0 Å². The summed E-state index contributed by atoms with van der Waals surface area (Å²) in [6.07, 6.45) is -3.59. The van der Waals surface area contributed by atoms with E-state index in [-0.39, 0.29) is 12.3 Å². The highest BCUT2D eigenvalue weighted by Crippen LogP contribution is 2.29. The van der Waals surface area contributed by atoms with Gasteiger partial charge in [-0.05, 0) is 50.1 Å². The zero-order valence-electron chi connectivity index (χ0n) is 13.2. The van der Waals surface area contributed by atoms with E-state index in [2.05, 4.69) is 10.4 Å². The molecular formula is C16H18F3N3O. The fraction of sp³-hybridized carbons (Fsp3) is 0.375. The van der Waals surface area contributed by atoms with Gasteiger partial charge in [0.05, 0.1) is 11.3 Å². The largest absolute Gasteiger partial charge is 0.416 e. The van der Waals surface area contributed by atoms with Crippen molar-refractivity contribution >= 4 is 11.6 Å². The van der Waals surface area contributed by atoms with Crippen molar-refractivity contribution in [2.24, 2.45) is 7.05 Å². The fourth-order valence-electron chi connectivity index (χ4n) is 2.38. The summed E-state index contributed by atoms with van der Waals surface area (Å²) in [5, 5.41) is 6.89. The Balaban J connectivity index is 1.95. The Kier molecular flexibility index (Phi) is 4.77. The highest BCUT2D eigenvalue weighted by molar-refractivity contribution is 5.90. The molecule has 1 N–H and O–H groups in total. The standard InChI is InChI=1S/C16H18F3N3O/c1-10-14(11(2)22(3)21-10)8-9-15(23)20-13-6-4-12(5-7-13)16(17,18)19/h4-7H,8-9H2,1-3H3,(H,20,23). The third-order valence-corrected chi connectivity index (χ3v) is 3.76. The second kappa shape index (κ2) is 6.44. The SMILES string of the molecule is Cc1nn(C)c(C)c1CCC(=O)Nc1ccc(C(F)(F)F)cc1. The lowest BCUT2D eigenvalue weighted by Gasteiger charge is -2.09. The van der Waals surface area contributed by atoms with Crippen LogP contribution in [0.15, 0.2) is 24.3 Å². The van der Waals surface area contributed by atoms with Crippen molar-refractivity contribution in [2.75, 3.05) is 5.32 Å². The number of alkyl halides is 3. The molecule has 0 aliphatic heterocycles. The van der Waals surface area contributed by atoms with E-state index >= 15 is 0 Å². The van der Waals surface area contributed by atoms with Gasteiger partial charge in [-0.1, -0.05) is 0 Å². The van der Waals surface area contributed by atoms with Crippen LogP contribution in [0, 0.1) is 13.8 Å². The van der Waals surface area contributed by atoms with E-state index in [1.54, 1.807) is 4.68 Å². The van der Waals surface area contributed by atoms with Crippen LogP contribution in [0.25, 0.3) is 0 Å². The van der Waals surface area contributed by atoms with Crippen LogP contribution >= 0.6 is 0 Å². The minimum atomic E-state index is -4.38. The highest BCUT2D eigenvalue weighted by atomic mass is 19.4. The van der Waals surface area contributed by atoms with E-state index in [1.165, 1.54) is 12.1 Å². The number of benzene rings is 1. The van der Waals surface area contributed by atoms with Crippen LogP contribution in [0.4, 0.5) is 18.9 Å². The summed E-state index contributed by atoms with van der Waals surface area (Å²) >= 11 is 0. The maximum Gasteiger partial charge on any atom is 0.416 e. The lowest BCUT2D eigenvalue weighted by Crippen LogP contribution is -2.13. The number of carbonyl (C=O) groups excluding carboxylic acids is 1. The molecule has 0 aliphatic carbocycles. The van der Waals surface area contributed by atoms with E-state index in [1.807, 2.05) is 20.9 Å². The molecule has 0 bridgehead atoms.